The van der Waals surface area contributed by atoms with Crippen LogP contribution in [0, 0.1) is 11.6 Å². The maximum Gasteiger partial charge on any atom is 0.185 e. The van der Waals surface area contributed by atoms with Crippen molar-refractivity contribution in [2.45, 2.75) is 5.88 Å². The quantitative estimate of drug-likeness (QED) is 0.683. The molecule has 0 unspecified atom stereocenters. The molecule has 1 heterocycles. The molecule has 0 amide bonds. The molecule has 0 spiro atoms. The van der Waals surface area contributed by atoms with Gasteiger partial charge in [-0.05, 0) is 36.4 Å². The van der Waals surface area contributed by atoms with Crippen molar-refractivity contribution in [2.24, 2.45) is 0 Å². The number of halogens is 3. The molecule has 3 rings (SSSR count). The summed E-state index contributed by atoms with van der Waals surface area (Å²) in [4.78, 5) is 4.25. The van der Waals surface area contributed by atoms with Gasteiger partial charge in [0.25, 0.3) is 0 Å². The molecule has 0 atom stereocenters. The van der Waals surface area contributed by atoms with E-state index in [0.717, 1.165) is 6.07 Å². The summed E-state index contributed by atoms with van der Waals surface area (Å²) < 4.78 is 34.2. The van der Waals surface area contributed by atoms with E-state index in [1.54, 1.807) is 31.4 Å². The summed E-state index contributed by atoms with van der Waals surface area (Å²) in [5.74, 6) is -0.657. The normalized spacial score (nSPS) is 11.0. The summed E-state index contributed by atoms with van der Waals surface area (Å²) >= 11 is 5.88. The number of benzene rings is 2. The first-order valence-electron chi connectivity index (χ1n) is 6.21. The van der Waals surface area contributed by atoms with Crippen LogP contribution in [0.3, 0.4) is 0 Å². The van der Waals surface area contributed by atoms with E-state index in [2.05, 4.69) is 4.98 Å². The van der Waals surface area contributed by atoms with Gasteiger partial charge in [-0.3, -0.25) is 4.57 Å². The Morgan fingerprint density at radius 3 is 2.48 bits per heavy atom. The monoisotopic (exact) mass is 308 g/mol. The summed E-state index contributed by atoms with van der Waals surface area (Å²) in [5.41, 5.74) is 1.08. The molecule has 0 saturated carbocycles. The molecule has 108 valence electrons. The number of rotatable bonds is 3. The molecule has 1 aromatic heterocycles. The molecule has 3 aromatic rings. The summed E-state index contributed by atoms with van der Waals surface area (Å²) in [6, 6.07) is 9.43. The Hall–Kier alpha value is -2.14. The van der Waals surface area contributed by atoms with Crippen molar-refractivity contribution in [3.05, 3.63) is 53.9 Å². The van der Waals surface area contributed by atoms with Gasteiger partial charge in [-0.2, -0.15) is 0 Å². The van der Waals surface area contributed by atoms with E-state index in [-0.39, 0.29) is 11.4 Å². The van der Waals surface area contributed by atoms with Crippen LogP contribution in [-0.2, 0) is 5.88 Å². The average molecular weight is 309 g/mol. The van der Waals surface area contributed by atoms with Crippen LogP contribution in [0.4, 0.5) is 8.78 Å². The zero-order chi connectivity index (χ0) is 15.0. The minimum atomic E-state index is -0.938. The number of hydrogen-bond acceptors (Lipinski definition) is 2. The molecule has 0 aliphatic rings. The van der Waals surface area contributed by atoms with Crippen LogP contribution in [0.5, 0.6) is 5.75 Å². The Kier molecular flexibility index (Phi) is 3.51. The molecular formula is C15H11ClF2N2O. The highest BCUT2D eigenvalue weighted by Crippen LogP contribution is 2.27. The average Bonchev–Trinajstić information content (AvgIpc) is 2.90. The van der Waals surface area contributed by atoms with Gasteiger partial charge in [-0.25, -0.2) is 13.8 Å². The Labute approximate surface area is 124 Å². The predicted octanol–water partition coefficient (Wildman–Crippen LogP) is 4.05. The highest BCUT2D eigenvalue weighted by molar-refractivity contribution is 6.17. The molecule has 0 fully saturated rings. The van der Waals surface area contributed by atoms with Crippen molar-refractivity contribution in [2.75, 3.05) is 7.11 Å². The van der Waals surface area contributed by atoms with E-state index in [1.165, 1.54) is 10.6 Å². The zero-order valence-electron chi connectivity index (χ0n) is 11.1. The van der Waals surface area contributed by atoms with Crippen LogP contribution in [0.15, 0.2) is 36.4 Å². The second kappa shape index (κ2) is 5.33. The van der Waals surface area contributed by atoms with Gasteiger partial charge in [0.1, 0.15) is 17.1 Å². The molecule has 21 heavy (non-hydrogen) atoms. The van der Waals surface area contributed by atoms with Gasteiger partial charge in [0.15, 0.2) is 11.6 Å². The molecule has 0 N–H and O–H groups in total. The van der Waals surface area contributed by atoms with E-state index in [0.29, 0.717) is 22.8 Å². The fourth-order valence-electron chi connectivity index (χ4n) is 2.25. The highest BCUT2D eigenvalue weighted by Gasteiger charge is 2.18. The van der Waals surface area contributed by atoms with E-state index >= 15 is 0 Å². The van der Waals surface area contributed by atoms with Crippen molar-refractivity contribution in [1.29, 1.82) is 0 Å². The van der Waals surface area contributed by atoms with Gasteiger partial charge in [0, 0.05) is 5.69 Å². The molecule has 2 aromatic carbocycles. The van der Waals surface area contributed by atoms with Crippen LogP contribution in [-0.4, -0.2) is 16.7 Å². The van der Waals surface area contributed by atoms with Gasteiger partial charge in [0.05, 0.1) is 18.5 Å². The summed E-state index contributed by atoms with van der Waals surface area (Å²) in [6.45, 7) is 0. The molecule has 3 nitrogen and oxygen atoms in total. The maximum atomic E-state index is 14.1. The highest BCUT2D eigenvalue weighted by atomic mass is 35.5. The molecular weight excluding hydrogens is 298 g/mol. The largest absolute Gasteiger partial charge is 0.497 e. The summed E-state index contributed by atoms with van der Waals surface area (Å²) in [5, 5.41) is 0. The zero-order valence-corrected chi connectivity index (χ0v) is 11.9. The Balaban J connectivity index is 2.30. The van der Waals surface area contributed by atoms with E-state index in [1.807, 2.05) is 0 Å². The van der Waals surface area contributed by atoms with Crippen molar-refractivity contribution in [3.63, 3.8) is 0 Å². The number of alkyl halides is 1. The Bertz CT molecular complexity index is 800. The first-order valence-corrected chi connectivity index (χ1v) is 6.75. The fourth-order valence-corrected chi connectivity index (χ4v) is 2.43. The second-order valence-corrected chi connectivity index (χ2v) is 4.69. The predicted molar refractivity (Wildman–Crippen MR) is 77.1 cm³/mol. The number of imidazole rings is 1. The van der Waals surface area contributed by atoms with E-state index in [9.17, 15) is 8.78 Å². The molecule has 0 aliphatic carbocycles. The molecule has 0 bridgehead atoms. The van der Waals surface area contributed by atoms with E-state index < -0.39 is 11.6 Å². The van der Waals surface area contributed by atoms with Gasteiger partial charge in [0.2, 0.25) is 0 Å². The molecule has 0 radical (unpaired) electrons. The van der Waals surface area contributed by atoms with Gasteiger partial charge in [-0.15, -0.1) is 11.6 Å². The minimum Gasteiger partial charge on any atom is -0.497 e. The number of fused-ring (bicyclic) bond motifs is 1. The minimum absolute atomic E-state index is 0.0795. The smallest absolute Gasteiger partial charge is 0.185 e. The first kappa shape index (κ1) is 13.8. The second-order valence-electron chi connectivity index (χ2n) is 4.42. The van der Waals surface area contributed by atoms with Gasteiger partial charge in [-0.1, -0.05) is 0 Å². The van der Waals surface area contributed by atoms with Crippen molar-refractivity contribution in [1.82, 2.24) is 9.55 Å². The molecule has 0 aliphatic heterocycles. The topological polar surface area (TPSA) is 27.1 Å². The summed E-state index contributed by atoms with van der Waals surface area (Å²) in [6.07, 6.45) is 0. The lowest BCUT2D eigenvalue weighted by Gasteiger charge is -2.09. The number of methoxy groups -OCH3 is 1. The van der Waals surface area contributed by atoms with Crippen LogP contribution in [0.1, 0.15) is 5.82 Å². The van der Waals surface area contributed by atoms with Gasteiger partial charge < -0.3 is 4.74 Å². The Morgan fingerprint density at radius 2 is 1.86 bits per heavy atom. The van der Waals surface area contributed by atoms with E-state index in [4.69, 9.17) is 16.3 Å². The number of ether oxygens (including phenoxy) is 1. The van der Waals surface area contributed by atoms with Crippen LogP contribution in [0.25, 0.3) is 16.7 Å². The summed E-state index contributed by atoms with van der Waals surface area (Å²) in [7, 11) is 1.56. The van der Waals surface area contributed by atoms with Gasteiger partial charge >= 0.3 is 0 Å². The number of aromatic nitrogens is 2. The van der Waals surface area contributed by atoms with Crippen LogP contribution in [0.2, 0.25) is 0 Å². The third kappa shape index (κ3) is 2.23. The first-order chi connectivity index (χ1) is 10.2. The van der Waals surface area contributed by atoms with Crippen molar-refractivity contribution < 1.29 is 13.5 Å². The van der Waals surface area contributed by atoms with Crippen LogP contribution >= 0.6 is 11.6 Å². The SMILES string of the molecule is COc1ccc(-n2c(CCl)nc3ccc(F)c(F)c32)cc1. The number of nitrogens with zero attached hydrogens (tertiary/aromatic N) is 2. The third-order valence-corrected chi connectivity index (χ3v) is 3.47. The molecule has 6 heteroatoms. The lowest BCUT2D eigenvalue weighted by atomic mass is 10.2. The fraction of sp³-hybridized carbons (Fsp3) is 0.133. The standard InChI is InChI=1S/C15H11ClF2N2O/c1-21-10-4-2-9(3-5-10)20-13(8-16)19-12-7-6-11(17)14(18)15(12)20/h2-7H,8H2,1H3. The van der Waals surface area contributed by atoms with Crippen LogP contribution < -0.4 is 4.74 Å². The maximum absolute atomic E-state index is 14.1. The lowest BCUT2D eigenvalue weighted by molar-refractivity contribution is 0.414. The Morgan fingerprint density at radius 1 is 1.14 bits per heavy atom. The van der Waals surface area contributed by atoms with Crippen molar-refractivity contribution >= 4 is 22.6 Å². The van der Waals surface area contributed by atoms with Crippen molar-refractivity contribution in [3.8, 4) is 11.4 Å². The lowest BCUT2D eigenvalue weighted by Crippen LogP contribution is -2.01. The third-order valence-electron chi connectivity index (χ3n) is 3.23. The number of hydrogen-bond donors (Lipinski definition) is 0. The molecule has 0 saturated heterocycles.